The van der Waals surface area contributed by atoms with Gasteiger partial charge in [-0.15, -0.1) is 0 Å². The smallest absolute Gasteiger partial charge is 0.0574 e. The van der Waals surface area contributed by atoms with Crippen molar-refractivity contribution < 1.29 is 10.2 Å². The molecule has 0 bridgehead atoms. The lowest BCUT2D eigenvalue weighted by Gasteiger charge is -2.32. The maximum absolute atomic E-state index is 10.6. The number of alkyl halides is 2. The Bertz CT molecular complexity index is 481. The van der Waals surface area contributed by atoms with Crippen LogP contribution >= 0.6 is 45.2 Å². The first-order valence-electron chi connectivity index (χ1n) is 9.25. The molecule has 6 saturated carbocycles. The Morgan fingerprint density at radius 2 is 0.909 bits per heavy atom. The molecule has 6 rings (SSSR count). The first kappa shape index (κ1) is 14.5. The Hall–Kier alpha value is 1.38. The highest BCUT2D eigenvalue weighted by Gasteiger charge is 2.77. The minimum atomic E-state index is -0.0105. The van der Waals surface area contributed by atoms with E-state index in [4.69, 9.17) is 0 Å². The maximum Gasteiger partial charge on any atom is 0.0574 e. The van der Waals surface area contributed by atoms with E-state index in [1.807, 2.05) is 0 Å². The quantitative estimate of drug-likeness (QED) is 0.377. The van der Waals surface area contributed by atoms with E-state index < -0.39 is 0 Å². The molecular formula is C18H24I2O2. The second-order valence-corrected chi connectivity index (χ2v) is 12.0. The van der Waals surface area contributed by atoms with Gasteiger partial charge >= 0.3 is 0 Å². The van der Waals surface area contributed by atoms with Crippen LogP contribution in [0.2, 0.25) is 0 Å². The third-order valence-corrected chi connectivity index (χ3v) is 12.4. The number of rotatable bonds is 0. The molecule has 6 aliphatic rings. The zero-order valence-electron chi connectivity index (χ0n) is 12.6. The van der Waals surface area contributed by atoms with Crippen molar-refractivity contribution in [2.75, 3.05) is 0 Å². The summed E-state index contributed by atoms with van der Waals surface area (Å²) in [5.74, 6) is 7.92. The van der Waals surface area contributed by atoms with E-state index in [0.29, 0.717) is 11.8 Å². The summed E-state index contributed by atoms with van der Waals surface area (Å²) in [7, 11) is 0. The Kier molecular flexibility index (Phi) is 3.01. The van der Waals surface area contributed by atoms with Crippen molar-refractivity contribution in [1.82, 2.24) is 0 Å². The summed E-state index contributed by atoms with van der Waals surface area (Å²) in [6.07, 6.45) is 4.63. The zero-order chi connectivity index (χ0) is 14.9. The Morgan fingerprint density at radius 1 is 0.500 bits per heavy atom. The second-order valence-electron chi connectivity index (χ2n) is 9.12. The molecule has 2 N–H and O–H groups in total. The van der Waals surface area contributed by atoms with Crippen molar-refractivity contribution in [3.63, 3.8) is 0 Å². The van der Waals surface area contributed by atoms with Crippen LogP contribution in [-0.2, 0) is 0 Å². The molecule has 122 valence electrons. The molecule has 0 heterocycles. The minimum absolute atomic E-state index is 0.0105. The van der Waals surface area contributed by atoms with E-state index in [1.165, 1.54) is 12.8 Å². The standard InChI is InChI=1S/C18H24I2O2/c19-17-11-5-1-3-7(21)9(5)15-13(11)14-12(18(15)20)6-2-4-8(22)10(6)16(14)17/h5-18,21-22H,1-4H2. The summed E-state index contributed by atoms with van der Waals surface area (Å²) in [6.45, 7) is 0. The van der Waals surface area contributed by atoms with Crippen molar-refractivity contribution in [3.8, 4) is 0 Å². The average Bonchev–Trinajstić information content (AvgIpc) is 3.22. The van der Waals surface area contributed by atoms with Crippen LogP contribution in [-0.4, -0.2) is 30.3 Å². The molecule has 0 aromatic carbocycles. The van der Waals surface area contributed by atoms with E-state index in [2.05, 4.69) is 45.2 Å². The number of aliphatic hydroxyl groups excluding tert-OH is 2. The fourth-order valence-electron chi connectivity index (χ4n) is 8.93. The summed E-state index contributed by atoms with van der Waals surface area (Å²) in [6, 6.07) is 0. The molecule has 2 nitrogen and oxygen atoms in total. The Labute approximate surface area is 159 Å². The van der Waals surface area contributed by atoms with Gasteiger partial charge in [-0.1, -0.05) is 45.2 Å². The third kappa shape index (κ3) is 1.41. The monoisotopic (exact) mass is 526 g/mol. The lowest BCUT2D eigenvalue weighted by Crippen LogP contribution is -2.34. The lowest BCUT2D eigenvalue weighted by atomic mass is 9.79. The SMILES string of the molecule is OC1CCC2C1C1C(I)C3C4CCC(O)C4C4C(I)C2C1C34. The molecule has 0 spiro atoms. The Morgan fingerprint density at radius 3 is 1.32 bits per heavy atom. The maximum atomic E-state index is 10.6. The molecular weight excluding hydrogens is 502 g/mol. The van der Waals surface area contributed by atoms with Gasteiger partial charge < -0.3 is 10.2 Å². The molecule has 22 heavy (non-hydrogen) atoms. The number of fused-ring (bicyclic) bond motifs is 6. The van der Waals surface area contributed by atoms with Crippen molar-refractivity contribution in [1.29, 1.82) is 0 Å². The summed E-state index contributed by atoms with van der Waals surface area (Å²) >= 11 is 5.56. The first-order chi connectivity index (χ1) is 10.6. The Balaban J connectivity index is 1.49. The molecule has 0 aromatic heterocycles. The van der Waals surface area contributed by atoms with Gasteiger partial charge in [0.15, 0.2) is 0 Å². The zero-order valence-corrected chi connectivity index (χ0v) is 16.9. The van der Waals surface area contributed by atoms with E-state index >= 15 is 0 Å². The molecule has 6 aliphatic carbocycles. The third-order valence-electron chi connectivity index (χ3n) is 9.04. The van der Waals surface area contributed by atoms with Crippen molar-refractivity contribution in [2.24, 2.45) is 59.2 Å². The lowest BCUT2D eigenvalue weighted by molar-refractivity contribution is 0.0746. The van der Waals surface area contributed by atoms with Crippen LogP contribution in [0.1, 0.15) is 25.7 Å². The van der Waals surface area contributed by atoms with E-state index in [-0.39, 0.29) is 12.2 Å². The average molecular weight is 526 g/mol. The highest BCUT2D eigenvalue weighted by Crippen LogP contribution is 2.78. The van der Waals surface area contributed by atoms with Crippen LogP contribution in [0, 0.1) is 59.2 Å². The summed E-state index contributed by atoms with van der Waals surface area (Å²) in [5.41, 5.74) is 0. The van der Waals surface area contributed by atoms with Gasteiger partial charge in [-0.2, -0.15) is 0 Å². The van der Waals surface area contributed by atoms with Gasteiger partial charge in [0.1, 0.15) is 0 Å². The molecule has 0 aliphatic heterocycles. The molecule has 4 heteroatoms. The van der Waals surface area contributed by atoms with Crippen molar-refractivity contribution in [3.05, 3.63) is 0 Å². The minimum Gasteiger partial charge on any atom is -0.393 e. The van der Waals surface area contributed by atoms with Crippen LogP contribution in [0.15, 0.2) is 0 Å². The largest absolute Gasteiger partial charge is 0.393 e. The van der Waals surface area contributed by atoms with Crippen molar-refractivity contribution >= 4 is 45.2 Å². The number of hydrogen-bond donors (Lipinski definition) is 2. The van der Waals surface area contributed by atoms with Gasteiger partial charge in [0, 0.05) is 7.85 Å². The van der Waals surface area contributed by atoms with Gasteiger partial charge in [-0.25, -0.2) is 0 Å². The number of hydrogen-bond acceptors (Lipinski definition) is 2. The van der Waals surface area contributed by atoms with Gasteiger partial charge in [-0.05, 0) is 84.9 Å². The predicted molar refractivity (Wildman–Crippen MR) is 101 cm³/mol. The van der Waals surface area contributed by atoms with Crippen LogP contribution in [0.4, 0.5) is 0 Å². The van der Waals surface area contributed by atoms with Crippen LogP contribution in [0.25, 0.3) is 0 Å². The molecule has 0 aromatic rings. The van der Waals surface area contributed by atoms with E-state index in [0.717, 1.165) is 68.0 Å². The molecule has 14 unspecified atom stereocenters. The summed E-state index contributed by atoms with van der Waals surface area (Å²) in [5, 5.41) is 21.3. The normalized spacial score (nSPS) is 73.6. The molecule has 0 amide bonds. The molecule has 14 atom stereocenters. The van der Waals surface area contributed by atoms with Crippen LogP contribution < -0.4 is 0 Å². The predicted octanol–water partition coefficient (Wildman–Crippen LogP) is 3.12. The van der Waals surface area contributed by atoms with E-state index in [1.54, 1.807) is 0 Å². The highest BCUT2D eigenvalue weighted by molar-refractivity contribution is 14.1. The summed E-state index contributed by atoms with van der Waals surface area (Å²) in [4.78, 5) is 0. The van der Waals surface area contributed by atoms with Crippen LogP contribution in [0.5, 0.6) is 0 Å². The van der Waals surface area contributed by atoms with E-state index in [9.17, 15) is 10.2 Å². The molecule has 0 radical (unpaired) electrons. The first-order valence-corrected chi connectivity index (χ1v) is 11.7. The van der Waals surface area contributed by atoms with Gasteiger partial charge in [0.25, 0.3) is 0 Å². The number of aliphatic hydroxyl groups is 2. The fraction of sp³-hybridized carbons (Fsp3) is 1.00. The van der Waals surface area contributed by atoms with Crippen LogP contribution in [0.3, 0.4) is 0 Å². The van der Waals surface area contributed by atoms with Crippen molar-refractivity contribution in [2.45, 2.75) is 45.7 Å². The second kappa shape index (κ2) is 4.56. The number of halogens is 2. The highest BCUT2D eigenvalue weighted by atomic mass is 127. The molecule has 0 saturated heterocycles. The topological polar surface area (TPSA) is 40.5 Å². The van der Waals surface area contributed by atoms with Gasteiger partial charge in [-0.3, -0.25) is 0 Å². The fourth-order valence-corrected chi connectivity index (χ4v) is 12.9. The van der Waals surface area contributed by atoms with Gasteiger partial charge in [0.2, 0.25) is 0 Å². The molecule has 6 fully saturated rings. The van der Waals surface area contributed by atoms with Gasteiger partial charge in [0.05, 0.1) is 12.2 Å². The summed E-state index contributed by atoms with van der Waals surface area (Å²) < 4.78 is 1.54.